The second kappa shape index (κ2) is 6.38. The second-order valence-electron chi connectivity index (χ2n) is 4.33. The van der Waals surface area contributed by atoms with Crippen LogP contribution in [0.5, 0.6) is 0 Å². The molecule has 0 aliphatic carbocycles. The zero-order chi connectivity index (χ0) is 13.7. The number of benzene rings is 1. The summed E-state index contributed by atoms with van der Waals surface area (Å²) in [7, 11) is 0. The molecule has 2 aromatic rings. The second-order valence-corrected chi connectivity index (χ2v) is 5.89. The van der Waals surface area contributed by atoms with Crippen LogP contribution >= 0.6 is 11.8 Å². The van der Waals surface area contributed by atoms with Gasteiger partial charge in [0.15, 0.2) is 0 Å². The molecule has 100 valence electrons. The lowest BCUT2D eigenvalue weighted by molar-refractivity contribution is -0.113. The van der Waals surface area contributed by atoms with Gasteiger partial charge in [-0.05, 0) is 23.4 Å². The van der Waals surface area contributed by atoms with Crippen LogP contribution in [-0.4, -0.2) is 31.7 Å². The largest absolute Gasteiger partial charge is 0.325 e. The molecule has 1 aromatic carbocycles. The first kappa shape index (κ1) is 13.6. The van der Waals surface area contributed by atoms with E-state index in [1.807, 2.05) is 24.3 Å². The van der Waals surface area contributed by atoms with Gasteiger partial charge in [0.1, 0.15) is 12.7 Å². The Balaban J connectivity index is 2.01. The van der Waals surface area contributed by atoms with E-state index < -0.39 is 0 Å². The molecule has 0 saturated heterocycles. The molecule has 0 aliphatic heterocycles. The smallest absolute Gasteiger partial charge is 0.234 e. The Labute approximate surface area is 116 Å². The van der Waals surface area contributed by atoms with Crippen LogP contribution < -0.4 is 5.32 Å². The number of carbonyl (C=O) groups excluding carboxylic acids is 1. The maximum Gasteiger partial charge on any atom is 0.234 e. The van der Waals surface area contributed by atoms with Gasteiger partial charge >= 0.3 is 0 Å². The molecule has 0 spiro atoms. The number of thioether (sulfide) groups is 1. The fraction of sp³-hybridized carbons (Fsp3) is 0.308. The number of hydrogen-bond acceptors (Lipinski definition) is 4. The summed E-state index contributed by atoms with van der Waals surface area (Å²) < 4.78 is 1.79. The van der Waals surface area contributed by atoms with Crippen LogP contribution in [0.1, 0.15) is 13.8 Å². The summed E-state index contributed by atoms with van der Waals surface area (Å²) in [5, 5.41) is 10.9. The SMILES string of the molecule is CC(C)SCC(=O)Nc1cccc(-n2cnnc2)c1. The highest BCUT2D eigenvalue weighted by Gasteiger charge is 2.05. The predicted octanol–water partition coefficient (Wildman–Crippen LogP) is 2.35. The van der Waals surface area contributed by atoms with E-state index in [-0.39, 0.29) is 5.91 Å². The molecule has 1 N–H and O–H groups in total. The van der Waals surface area contributed by atoms with Crippen molar-refractivity contribution >= 4 is 23.4 Å². The number of nitrogens with zero attached hydrogens (tertiary/aromatic N) is 3. The standard InChI is InChI=1S/C13H16N4OS/c1-10(2)19-7-13(18)16-11-4-3-5-12(6-11)17-8-14-15-9-17/h3-6,8-10H,7H2,1-2H3,(H,16,18). The minimum absolute atomic E-state index is 0.0135. The Bertz CT molecular complexity index is 539. The van der Waals surface area contributed by atoms with E-state index in [2.05, 4.69) is 29.4 Å². The molecule has 5 nitrogen and oxygen atoms in total. The number of aromatic nitrogens is 3. The van der Waals surface area contributed by atoms with Crippen molar-refractivity contribution in [3.8, 4) is 5.69 Å². The Morgan fingerprint density at radius 2 is 2.11 bits per heavy atom. The van der Waals surface area contributed by atoms with Gasteiger partial charge in [-0.15, -0.1) is 22.0 Å². The van der Waals surface area contributed by atoms with Gasteiger partial charge in [-0.25, -0.2) is 0 Å². The number of anilines is 1. The zero-order valence-electron chi connectivity index (χ0n) is 10.9. The maximum atomic E-state index is 11.8. The average molecular weight is 276 g/mol. The molecule has 0 bridgehead atoms. The number of amides is 1. The topological polar surface area (TPSA) is 59.8 Å². The van der Waals surface area contributed by atoms with Crippen LogP contribution in [-0.2, 0) is 4.79 Å². The van der Waals surface area contributed by atoms with E-state index >= 15 is 0 Å². The molecular formula is C13H16N4OS. The molecule has 6 heteroatoms. The van der Waals surface area contributed by atoms with Crippen molar-refractivity contribution in [1.82, 2.24) is 14.8 Å². The summed E-state index contributed by atoms with van der Waals surface area (Å²) in [5.41, 5.74) is 1.69. The lowest BCUT2D eigenvalue weighted by Gasteiger charge is -2.08. The van der Waals surface area contributed by atoms with Crippen molar-refractivity contribution in [2.75, 3.05) is 11.1 Å². The van der Waals surface area contributed by atoms with Gasteiger partial charge in [0.05, 0.1) is 11.4 Å². The molecule has 2 rings (SSSR count). The monoisotopic (exact) mass is 276 g/mol. The third-order valence-electron chi connectivity index (χ3n) is 2.39. The van der Waals surface area contributed by atoms with Crippen molar-refractivity contribution in [3.05, 3.63) is 36.9 Å². The molecule has 0 aliphatic rings. The minimum Gasteiger partial charge on any atom is -0.325 e. The lowest BCUT2D eigenvalue weighted by Crippen LogP contribution is -2.15. The summed E-state index contributed by atoms with van der Waals surface area (Å²) >= 11 is 1.62. The summed E-state index contributed by atoms with van der Waals surface area (Å²) in [6.07, 6.45) is 3.24. The molecular weight excluding hydrogens is 260 g/mol. The van der Waals surface area contributed by atoms with Crippen LogP contribution in [0.4, 0.5) is 5.69 Å². The van der Waals surface area contributed by atoms with Gasteiger partial charge in [-0.2, -0.15) is 0 Å². The molecule has 0 unspecified atom stereocenters. The summed E-state index contributed by atoms with van der Waals surface area (Å²) in [6, 6.07) is 7.58. The van der Waals surface area contributed by atoms with Gasteiger partial charge in [0.2, 0.25) is 5.91 Å². The molecule has 0 saturated carbocycles. The van der Waals surface area contributed by atoms with Gasteiger partial charge in [-0.3, -0.25) is 9.36 Å². The van der Waals surface area contributed by atoms with E-state index in [0.29, 0.717) is 11.0 Å². The fourth-order valence-electron chi connectivity index (χ4n) is 1.52. The Morgan fingerprint density at radius 1 is 1.37 bits per heavy atom. The van der Waals surface area contributed by atoms with E-state index in [9.17, 15) is 4.79 Å². The predicted molar refractivity (Wildman–Crippen MR) is 77.6 cm³/mol. The van der Waals surface area contributed by atoms with Crippen molar-refractivity contribution < 1.29 is 4.79 Å². The van der Waals surface area contributed by atoms with Crippen molar-refractivity contribution in [1.29, 1.82) is 0 Å². The van der Waals surface area contributed by atoms with E-state index in [1.54, 1.807) is 29.0 Å². The molecule has 1 amide bonds. The minimum atomic E-state index is 0.0135. The Hall–Kier alpha value is -1.82. The van der Waals surface area contributed by atoms with E-state index in [0.717, 1.165) is 11.4 Å². The van der Waals surface area contributed by atoms with Gasteiger partial charge in [0, 0.05) is 5.69 Å². The quantitative estimate of drug-likeness (QED) is 0.910. The summed E-state index contributed by atoms with van der Waals surface area (Å²) in [6.45, 7) is 4.15. The van der Waals surface area contributed by atoms with Gasteiger partial charge < -0.3 is 5.32 Å². The summed E-state index contributed by atoms with van der Waals surface area (Å²) in [5.74, 6) is 0.480. The molecule has 0 radical (unpaired) electrons. The van der Waals surface area contributed by atoms with Crippen molar-refractivity contribution in [3.63, 3.8) is 0 Å². The van der Waals surface area contributed by atoms with E-state index in [1.165, 1.54) is 0 Å². The highest BCUT2D eigenvalue weighted by atomic mass is 32.2. The molecule has 0 atom stereocenters. The Kier molecular flexibility index (Phi) is 4.57. The van der Waals surface area contributed by atoms with E-state index in [4.69, 9.17) is 0 Å². The van der Waals surface area contributed by atoms with Crippen LogP contribution in [0.15, 0.2) is 36.9 Å². The normalized spacial score (nSPS) is 10.7. The maximum absolute atomic E-state index is 11.8. The number of rotatable bonds is 5. The molecule has 19 heavy (non-hydrogen) atoms. The first-order valence-corrected chi connectivity index (χ1v) is 7.06. The molecule has 1 heterocycles. The van der Waals surface area contributed by atoms with Crippen LogP contribution in [0.2, 0.25) is 0 Å². The highest BCUT2D eigenvalue weighted by Crippen LogP contribution is 2.15. The zero-order valence-corrected chi connectivity index (χ0v) is 11.7. The lowest BCUT2D eigenvalue weighted by atomic mass is 10.2. The van der Waals surface area contributed by atoms with Gasteiger partial charge in [0.25, 0.3) is 0 Å². The average Bonchev–Trinajstić information content (AvgIpc) is 2.90. The third kappa shape index (κ3) is 4.10. The summed E-state index contributed by atoms with van der Waals surface area (Å²) in [4.78, 5) is 11.8. The van der Waals surface area contributed by atoms with Crippen molar-refractivity contribution in [2.24, 2.45) is 0 Å². The number of nitrogens with one attached hydrogen (secondary N) is 1. The Morgan fingerprint density at radius 3 is 2.79 bits per heavy atom. The molecule has 0 fully saturated rings. The first-order valence-electron chi connectivity index (χ1n) is 6.01. The fourth-order valence-corrected chi connectivity index (χ4v) is 2.07. The highest BCUT2D eigenvalue weighted by molar-refractivity contribution is 8.00. The first-order chi connectivity index (χ1) is 9.15. The van der Waals surface area contributed by atoms with Crippen LogP contribution in [0.3, 0.4) is 0 Å². The van der Waals surface area contributed by atoms with Gasteiger partial charge in [-0.1, -0.05) is 19.9 Å². The van der Waals surface area contributed by atoms with Crippen LogP contribution in [0, 0.1) is 0 Å². The molecule has 1 aromatic heterocycles. The number of hydrogen-bond donors (Lipinski definition) is 1. The number of carbonyl (C=O) groups is 1. The van der Waals surface area contributed by atoms with Crippen LogP contribution in [0.25, 0.3) is 5.69 Å². The van der Waals surface area contributed by atoms with Crippen molar-refractivity contribution in [2.45, 2.75) is 19.1 Å². The third-order valence-corrected chi connectivity index (χ3v) is 3.49.